The average Bonchev–Trinajstić information content (AvgIpc) is 2.39. The lowest BCUT2D eigenvalue weighted by Gasteiger charge is -2.37. The monoisotopic (exact) mass is 299 g/mol. The lowest BCUT2D eigenvalue weighted by Crippen LogP contribution is -2.51. The second-order valence-corrected chi connectivity index (χ2v) is 7.07. The third-order valence-electron chi connectivity index (χ3n) is 3.47. The van der Waals surface area contributed by atoms with Crippen molar-refractivity contribution < 1.29 is 18.3 Å². The number of hydrogen-bond acceptors (Lipinski definition) is 4. The van der Waals surface area contributed by atoms with Crippen LogP contribution in [-0.2, 0) is 14.8 Å². The van der Waals surface area contributed by atoms with Gasteiger partial charge in [-0.25, -0.2) is 8.42 Å². The molecule has 1 aromatic rings. The third kappa shape index (κ3) is 3.20. The quantitative estimate of drug-likeness (QED) is 0.856. The molecular weight excluding hydrogens is 278 g/mol. The minimum Gasteiger partial charge on any atom is -0.364 e. The predicted molar refractivity (Wildman–Crippen MR) is 75.7 cm³/mol. The molecule has 1 heterocycles. The van der Waals surface area contributed by atoms with Crippen LogP contribution in [0.5, 0.6) is 0 Å². The summed E-state index contributed by atoms with van der Waals surface area (Å²) in [6.07, 6.45) is 1.04. The van der Waals surface area contributed by atoms with E-state index in [2.05, 4.69) is 0 Å². The van der Waals surface area contributed by atoms with E-state index >= 15 is 0 Å². The summed E-state index contributed by atoms with van der Waals surface area (Å²) in [5.74, 6) is -1.37. The van der Waals surface area contributed by atoms with Crippen LogP contribution in [0, 0.1) is 6.92 Å². The molecule has 6 heteroatoms. The minimum absolute atomic E-state index is 0.0168. The van der Waals surface area contributed by atoms with Crippen molar-refractivity contribution in [2.24, 2.45) is 0 Å². The summed E-state index contributed by atoms with van der Waals surface area (Å²) in [6, 6.07) is 6.73. The van der Waals surface area contributed by atoms with Crippen molar-refractivity contribution in [3.63, 3.8) is 0 Å². The molecule has 1 aliphatic heterocycles. The molecule has 5 nitrogen and oxygen atoms in total. The van der Waals surface area contributed by atoms with E-state index in [0.717, 1.165) is 5.56 Å². The number of sulfonamides is 1. The molecule has 0 saturated carbocycles. The molecule has 1 N–H and O–H groups in total. The third-order valence-corrected chi connectivity index (χ3v) is 5.33. The summed E-state index contributed by atoms with van der Waals surface area (Å²) in [5, 5.41) is 10.3. The van der Waals surface area contributed by atoms with Crippen LogP contribution in [0.3, 0.4) is 0 Å². The normalized spacial score (nSPS) is 24.8. The zero-order chi connectivity index (χ0) is 14.8. The highest BCUT2D eigenvalue weighted by Crippen LogP contribution is 2.27. The van der Waals surface area contributed by atoms with Gasteiger partial charge < -0.3 is 9.84 Å². The Labute approximate surface area is 120 Å². The van der Waals surface area contributed by atoms with Gasteiger partial charge in [0.15, 0.2) is 5.79 Å². The van der Waals surface area contributed by atoms with Gasteiger partial charge in [0.05, 0.1) is 11.4 Å². The topological polar surface area (TPSA) is 66.8 Å². The molecule has 0 spiro atoms. The maximum atomic E-state index is 12.5. The Morgan fingerprint density at radius 3 is 2.60 bits per heavy atom. The molecule has 0 radical (unpaired) electrons. The van der Waals surface area contributed by atoms with E-state index < -0.39 is 15.8 Å². The van der Waals surface area contributed by atoms with E-state index in [1.807, 2.05) is 6.92 Å². The highest BCUT2D eigenvalue weighted by atomic mass is 32.2. The van der Waals surface area contributed by atoms with Crippen molar-refractivity contribution >= 4 is 10.0 Å². The lowest BCUT2D eigenvalue weighted by molar-refractivity contribution is -0.218. The maximum absolute atomic E-state index is 12.5. The molecule has 0 bridgehead atoms. The fraction of sp³-hybridized carbons (Fsp3) is 0.571. The van der Waals surface area contributed by atoms with E-state index in [0.29, 0.717) is 26.0 Å². The van der Waals surface area contributed by atoms with Gasteiger partial charge >= 0.3 is 0 Å². The SMILES string of the molecule is CCOC1(O)CCCN(S(=O)(=O)c2ccc(C)cc2)C1. The Morgan fingerprint density at radius 2 is 2.00 bits per heavy atom. The number of aryl methyl sites for hydroxylation is 1. The number of aliphatic hydroxyl groups is 1. The van der Waals surface area contributed by atoms with Gasteiger partial charge in [0, 0.05) is 19.6 Å². The maximum Gasteiger partial charge on any atom is 0.243 e. The first kappa shape index (κ1) is 15.4. The zero-order valence-electron chi connectivity index (χ0n) is 11.9. The van der Waals surface area contributed by atoms with E-state index in [9.17, 15) is 13.5 Å². The van der Waals surface area contributed by atoms with Crippen molar-refractivity contribution in [3.8, 4) is 0 Å². The largest absolute Gasteiger partial charge is 0.364 e. The summed E-state index contributed by atoms with van der Waals surface area (Å²) >= 11 is 0. The number of benzene rings is 1. The molecule has 0 aromatic heterocycles. The number of nitrogens with zero attached hydrogens (tertiary/aromatic N) is 1. The second-order valence-electron chi connectivity index (χ2n) is 5.13. The van der Waals surface area contributed by atoms with Crippen molar-refractivity contribution in [1.82, 2.24) is 4.31 Å². The van der Waals surface area contributed by atoms with Crippen molar-refractivity contribution in [2.45, 2.75) is 37.4 Å². The number of β-amino-alcohol motifs (C(OH)–C–C–N with tert-alkyl or cyclic N) is 1. The van der Waals surface area contributed by atoms with E-state index in [-0.39, 0.29) is 11.4 Å². The molecule has 0 aliphatic carbocycles. The van der Waals surface area contributed by atoms with Gasteiger partial charge in [-0.3, -0.25) is 0 Å². The lowest BCUT2D eigenvalue weighted by atomic mass is 10.1. The van der Waals surface area contributed by atoms with Crippen LogP contribution in [0.25, 0.3) is 0 Å². The van der Waals surface area contributed by atoms with Crippen LogP contribution in [0.1, 0.15) is 25.3 Å². The minimum atomic E-state index is -3.57. The van der Waals surface area contributed by atoms with Gasteiger partial charge in [0.1, 0.15) is 0 Å². The molecule has 1 aliphatic rings. The zero-order valence-corrected chi connectivity index (χ0v) is 12.7. The first-order valence-electron chi connectivity index (χ1n) is 6.80. The highest BCUT2D eigenvalue weighted by Gasteiger charge is 2.39. The number of piperidine rings is 1. The number of hydrogen-bond donors (Lipinski definition) is 1. The van der Waals surface area contributed by atoms with Crippen LogP contribution >= 0.6 is 0 Å². The van der Waals surface area contributed by atoms with Crippen LogP contribution in [0.2, 0.25) is 0 Å². The van der Waals surface area contributed by atoms with Crippen molar-refractivity contribution in [2.75, 3.05) is 19.7 Å². The van der Waals surface area contributed by atoms with Crippen LogP contribution in [0.15, 0.2) is 29.2 Å². The van der Waals surface area contributed by atoms with E-state index in [1.54, 1.807) is 31.2 Å². The molecule has 1 atom stereocenters. The molecular formula is C14H21NO4S. The smallest absolute Gasteiger partial charge is 0.243 e. The summed E-state index contributed by atoms with van der Waals surface area (Å²) in [4.78, 5) is 0.254. The first-order chi connectivity index (χ1) is 9.37. The summed E-state index contributed by atoms with van der Waals surface area (Å²) in [6.45, 7) is 4.44. The van der Waals surface area contributed by atoms with Gasteiger partial charge in [-0.1, -0.05) is 17.7 Å². The highest BCUT2D eigenvalue weighted by molar-refractivity contribution is 7.89. The standard InChI is InChI=1S/C14H21NO4S/c1-3-19-14(16)9-4-10-15(11-14)20(17,18)13-7-5-12(2)6-8-13/h5-8,16H,3-4,9-11H2,1-2H3. The van der Waals surface area contributed by atoms with E-state index in [1.165, 1.54) is 4.31 Å². The van der Waals surface area contributed by atoms with Crippen LogP contribution in [0.4, 0.5) is 0 Å². The Morgan fingerprint density at radius 1 is 1.35 bits per heavy atom. The molecule has 1 saturated heterocycles. The van der Waals surface area contributed by atoms with Gasteiger partial charge in [-0.2, -0.15) is 4.31 Å². The Balaban J connectivity index is 2.23. The first-order valence-corrected chi connectivity index (χ1v) is 8.24. The van der Waals surface area contributed by atoms with Crippen LogP contribution in [-0.4, -0.2) is 43.3 Å². The Hall–Kier alpha value is -0.950. The average molecular weight is 299 g/mol. The molecule has 1 fully saturated rings. The second kappa shape index (κ2) is 5.81. The van der Waals surface area contributed by atoms with E-state index in [4.69, 9.17) is 4.74 Å². The van der Waals surface area contributed by atoms with Crippen molar-refractivity contribution in [3.05, 3.63) is 29.8 Å². The molecule has 20 heavy (non-hydrogen) atoms. The predicted octanol–water partition coefficient (Wildman–Crippen LogP) is 1.50. The van der Waals surface area contributed by atoms with Gasteiger partial charge in [0.2, 0.25) is 10.0 Å². The van der Waals surface area contributed by atoms with Gasteiger partial charge in [-0.15, -0.1) is 0 Å². The summed E-state index contributed by atoms with van der Waals surface area (Å²) in [5.41, 5.74) is 1.01. The number of rotatable bonds is 4. The summed E-state index contributed by atoms with van der Waals surface area (Å²) < 4.78 is 31.7. The van der Waals surface area contributed by atoms with Crippen molar-refractivity contribution in [1.29, 1.82) is 0 Å². The Kier molecular flexibility index (Phi) is 4.49. The Bertz CT molecular complexity index is 551. The molecule has 112 valence electrons. The molecule has 0 amide bonds. The van der Waals surface area contributed by atoms with Crippen LogP contribution < -0.4 is 0 Å². The molecule has 1 unspecified atom stereocenters. The molecule has 2 rings (SSSR count). The fourth-order valence-corrected chi connectivity index (χ4v) is 3.94. The molecule has 1 aromatic carbocycles. The summed E-state index contributed by atoms with van der Waals surface area (Å²) in [7, 11) is -3.57. The van der Waals surface area contributed by atoms with Gasteiger partial charge in [-0.05, 0) is 32.4 Å². The van der Waals surface area contributed by atoms with Gasteiger partial charge in [0.25, 0.3) is 0 Å². The fourth-order valence-electron chi connectivity index (χ4n) is 2.42. The number of ether oxygens (including phenoxy) is 1.